The number of hydrogen-bond donors (Lipinski definition) is 14. The maximum absolute atomic E-state index is 16.9. The highest BCUT2D eigenvalue weighted by atomic mass is 19.2. The van der Waals surface area contributed by atoms with Crippen molar-refractivity contribution < 1.29 is 111 Å². The van der Waals surface area contributed by atoms with E-state index in [4.69, 9.17) is 0 Å². The van der Waals surface area contributed by atoms with Gasteiger partial charge in [-0.15, -0.1) is 0 Å². The van der Waals surface area contributed by atoms with Crippen LogP contribution in [0.1, 0.15) is 22.8 Å². The average Bonchev–Trinajstić information content (AvgIpc) is 1.60. The molecule has 0 unspecified atom stereocenters. The molecular weight excluding hydrogens is 1220 g/mol. The molecule has 0 aliphatic carbocycles. The fourth-order valence-corrected chi connectivity index (χ4v) is 9.58. The molecule has 7 aromatic rings. The zero-order valence-corrected chi connectivity index (χ0v) is 44.1. The molecule has 5 heterocycles. The Balaban J connectivity index is 1.54. The SMILES string of the molecule is OCC(CO)Nc1c(F)c(F)c(-c2c3nc(c(-c4c(F)c(F)c(NC(CO)CO)c(F)c4F)c4ccc([nH]4)c(-c4c(F)c(F)c(NC(CO)CO)c(F)c4F)c4nc(c(-c5c(F)c(F)c(NC(CO)CO)c(F)c5F)c5ccc2[nH]5)C=C4)C=C3)c(F)c1F. The van der Waals surface area contributed by atoms with Crippen molar-refractivity contribution in [1.82, 2.24) is 19.9 Å². The number of anilines is 4. The lowest BCUT2D eigenvalue weighted by Crippen LogP contribution is -2.29. The molecule has 0 saturated carbocycles. The van der Waals surface area contributed by atoms with Crippen LogP contribution in [0.15, 0.2) is 24.3 Å². The number of hydrogen-bond acceptors (Lipinski definition) is 14. The lowest BCUT2D eigenvalue weighted by Gasteiger charge is -2.19. The van der Waals surface area contributed by atoms with E-state index in [1.165, 1.54) is 0 Å². The fraction of sp³-hybridized carbons (Fsp3) is 0.214. The monoisotopic (exact) mass is 1260 g/mol. The van der Waals surface area contributed by atoms with Crippen molar-refractivity contribution in [2.45, 2.75) is 24.2 Å². The topological polar surface area (TPSA) is 267 Å². The first-order chi connectivity index (χ1) is 42.0. The summed E-state index contributed by atoms with van der Waals surface area (Å²) in [7, 11) is 0. The van der Waals surface area contributed by atoms with Gasteiger partial charge in [-0.1, -0.05) is 0 Å². The first kappa shape index (κ1) is 63.7. The molecule has 0 fully saturated rings. The number of benzene rings is 4. The van der Waals surface area contributed by atoms with Crippen molar-refractivity contribution in [3.63, 3.8) is 0 Å². The van der Waals surface area contributed by atoms with Crippen molar-refractivity contribution >= 4 is 69.1 Å². The minimum Gasteiger partial charge on any atom is -0.394 e. The van der Waals surface area contributed by atoms with Crippen LogP contribution in [-0.4, -0.2) is 138 Å². The van der Waals surface area contributed by atoms with Gasteiger partial charge in [-0.2, -0.15) is 0 Å². The predicted molar refractivity (Wildman–Crippen MR) is 286 cm³/mol. The van der Waals surface area contributed by atoms with Gasteiger partial charge in [0.05, 0.1) is 122 Å². The quantitative estimate of drug-likeness (QED) is 0.0252. The van der Waals surface area contributed by atoms with E-state index in [1.807, 2.05) is 21.3 Å². The molecule has 2 aliphatic heterocycles. The number of aromatic nitrogens is 4. The summed E-state index contributed by atoms with van der Waals surface area (Å²) in [6, 6.07) is -3.85. The maximum Gasteiger partial charge on any atom is 0.185 e. The second kappa shape index (κ2) is 25.5. The van der Waals surface area contributed by atoms with Gasteiger partial charge < -0.3 is 72.1 Å². The van der Waals surface area contributed by atoms with Crippen LogP contribution < -0.4 is 21.3 Å². The van der Waals surface area contributed by atoms with E-state index < -0.39 is 282 Å². The molecule has 466 valence electrons. The molecule has 4 aromatic carbocycles. The zero-order chi connectivity index (χ0) is 64.1. The number of halogens is 16. The minimum absolute atomic E-state index is 0.686. The van der Waals surface area contributed by atoms with Gasteiger partial charge in [0.25, 0.3) is 0 Å². The number of nitrogens with one attached hydrogen (secondary N) is 6. The molecule has 0 atom stereocenters. The second-order valence-electron chi connectivity index (χ2n) is 19.4. The number of H-pyrrole nitrogens is 2. The Hall–Kier alpha value is -8.76. The molecule has 2 aliphatic rings. The lowest BCUT2D eigenvalue weighted by molar-refractivity contribution is 0.203. The highest BCUT2D eigenvalue weighted by Gasteiger charge is 2.36. The van der Waals surface area contributed by atoms with Crippen molar-refractivity contribution in [3.8, 4) is 44.5 Å². The Kier molecular flexibility index (Phi) is 18.5. The molecular formula is C56H42F16N8O8. The summed E-state index contributed by atoms with van der Waals surface area (Å²) in [6.45, 7) is -8.69. The van der Waals surface area contributed by atoms with E-state index in [1.54, 1.807) is 0 Å². The number of aliphatic hydroxyl groups excluding tert-OH is 8. The van der Waals surface area contributed by atoms with Crippen LogP contribution in [-0.2, 0) is 0 Å². The normalized spacial score (nSPS) is 12.3. The third-order valence-corrected chi connectivity index (χ3v) is 14.0. The van der Waals surface area contributed by atoms with Crippen LogP contribution in [0.3, 0.4) is 0 Å². The van der Waals surface area contributed by atoms with E-state index in [0.29, 0.717) is 48.6 Å². The molecule has 0 radical (unpaired) electrons. The van der Waals surface area contributed by atoms with Gasteiger partial charge in [-0.3, -0.25) is 0 Å². The summed E-state index contributed by atoms with van der Waals surface area (Å²) in [5, 5.41) is 84.4. The molecule has 0 saturated heterocycles. The third kappa shape index (κ3) is 10.9. The lowest BCUT2D eigenvalue weighted by atomic mass is 10.00. The predicted octanol–water partition coefficient (Wildman–Crippen LogP) is 8.61. The zero-order valence-electron chi connectivity index (χ0n) is 44.1. The number of aliphatic hydroxyl groups is 8. The van der Waals surface area contributed by atoms with Gasteiger partial charge in [-0.05, 0) is 48.6 Å². The standard InChI is InChI=1S/C56H42F16N8O8/c57-37-33(38(58)46(66)53(45(37)65)73-17(9-81)10-82)29-21-1-2-22(77-21)30(34-39(59)47(67)54(48(68)40(34)60)74-18(11-83)12-84)24-5-6-26(79-24)32(36-43(63)51(71)56(52(72)44(36)64)76-20(15-87)16-88)28-8-7-27(80-28)31(25-4-3-23(29)78-25)35-41(61)49(69)55(50(70)42(35)62)75-19(13-85)14-86/h1-8,17-20,73-77,80-88H,9-16H2. The molecule has 32 heteroatoms. The minimum atomic E-state index is -2.34. The summed E-state index contributed by atoms with van der Waals surface area (Å²) in [5.74, 6) is -37.0. The summed E-state index contributed by atoms with van der Waals surface area (Å²) in [6.07, 6.45) is 2.75. The first-order valence-electron chi connectivity index (χ1n) is 25.5. The van der Waals surface area contributed by atoms with Gasteiger partial charge in [0.1, 0.15) is 22.7 Å². The van der Waals surface area contributed by atoms with Crippen molar-refractivity contribution in [3.05, 3.63) is 140 Å². The largest absolute Gasteiger partial charge is 0.394 e. The fourth-order valence-electron chi connectivity index (χ4n) is 9.58. The maximum atomic E-state index is 16.9. The van der Waals surface area contributed by atoms with Crippen LogP contribution in [0, 0.1) is 93.1 Å². The van der Waals surface area contributed by atoms with Crippen LogP contribution in [0.2, 0.25) is 0 Å². The molecule has 14 N–H and O–H groups in total. The van der Waals surface area contributed by atoms with E-state index in [9.17, 15) is 40.9 Å². The molecule has 0 spiro atoms. The van der Waals surface area contributed by atoms with Gasteiger partial charge in [0.2, 0.25) is 0 Å². The average molecular weight is 1260 g/mol. The molecule has 16 nitrogen and oxygen atoms in total. The number of nitrogens with zero attached hydrogens (tertiary/aromatic N) is 2. The van der Waals surface area contributed by atoms with Crippen LogP contribution in [0.25, 0.3) is 90.9 Å². The Bertz CT molecular complexity index is 3560. The third-order valence-electron chi connectivity index (χ3n) is 14.0. The molecule has 9 rings (SSSR count). The Morgan fingerprint density at radius 3 is 0.568 bits per heavy atom. The highest BCUT2D eigenvalue weighted by Crippen LogP contribution is 2.46. The molecule has 8 bridgehead atoms. The van der Waals surface area contributed by atoms with E-state index in [0.717, 1.165) is 0 Å². The van der Waals surface area contributed by atoms with Crippen LogP contribution in [0.4, 0.5) is 93.0 Å². The Labute approximate surface area is 482 Å². The highest BCUT2D eigenvalue weighted by molar-refractivity contribution is 6.01. The van der Waals surface area contributed by atoms with E-state index in [2.05, 4.69) is 19.9 Å². The summed E-state index contributed by atoms with van der Waals surface area (Å²) in [5.41, 5.74) is -25.8. The molecule has 88 heavy (non-hydrogen) atoms. The summed E-state index contributed by atoms with van der Waals surface area (Å²) >= 11 is 0. The molecule has 0 amide bonds. The van der Waals surface area contributed by atoms with E-state index in [-0.39, 0.29) is 0 Å². The number of fused-ring (bicyclic) bond motifs is 8. The second-order valence-corrected chi connectivity index (χ2v) is 19.4. The summed E-state index contributed by atoms with van der Waals surface area (Å²) < 4.78 is 265. The van der Waals surface area contributed by atoms with Crippen LogP contribution >= 0.6 is 0 Å². The first-order valence-corrected chi connectivity index (χ1v) is 25.5. The van der Waals surface area contributed by atoms with Crippen LogP contribution in [0.5, 0.6) is 0 Å². The van der Waals surface area contributed by atoms with Crippen molar-refractivity contribution in [1.29, 1.82) is 0 Å². The Morgan fingerprint density at radius 2 is 0.420 bits per heavy atom. The smallest absolute Gasteiger partial charge is 0.185 e. The van der Waals surface area contributed by atoms with Gasteiger partial charge >= 0.3 is 0 Å². The Morgan fingerprint density at radius 1 is 0.261 bits per heavy atom. The van der Waals surface area contributed by atoms with Gasteiger partial charge in [0, 0.05) is 44.3 Å². The van der Waals surface area contributed by atoms with E-state index >= 15 is 70.2 Å². The number of aromatic amines is 2. The van der Waals surface area contributed by atoms with Gasteiger partial charge in [-0.25, -0.2) is 80.2 Å². The summed E-state index contributed by atoms with van der Waals surface area (Å²) in [4.78, 5) is 13.2. The van der Waals surface area contributed by atoms with Crippen molar-refractivity contribution in [2.24, 2.45) is 0 Å². The molecule has 3 aromatic heterocycles. The van der Waals surface area contributed by atoms with Crippen molar-refractivity contribution in [2.75, 3.05) is 74.1 Å². The van der Waals surface area contributed by atoms with Gasteiger partial charge in [0.15, 0.2) is 93.1 Å². The number of rotatable bonds is 20.